The number of methoxy groups -OCH3 is 1. The third kappa shape index (κ3) is 3.36. The Labute approximate surface area is 115 Å². The van der Waals surface area contributed by atoms with Crippen molar-refractivity contribution in [1.29, 1.82) is 0 Å². The van der Waals surface area contributed by atoms with Gasteiger partial charge in [-0.05, 0) is 13.3 Å². The summed E-state index contributed by atoms with van der Waals surface area (Å²) >= 11 is 0. The first-order chi connectivity index (χ1) is 9.43. The second-order valence-corrected chi connectivity index (χ2v) is 4.05. The van der Waals surface area contributed by atoms with E-state index in [1.54, 1.807) is 6.92 Å². The number of hydrogen-bond donors (Lipinski definition) is 2. The van der Waals surface area contributed by atoms with Crippen molar-refractivity contribution in [1.82, 2.24) is 9.80 Å². The van der Waals surface area contributed by atoms with Crippen LogP contribution in [0.2, 0.25) is 0 Å². The van der Waals surface area contributed by atoms with Gasteiger partial charge < -0.3 is 19.7 Å². The number of hydrogen-bond acceptors (Lipinski definition) is 7. The van der Waals surface area contributed by atoms with Crippen molar-refractivity contribution >= 4 is 18.0 Å². The quantitative estimate of drug-likeness (QED) is 0.591. The summed E-state index contributed by atoms with van der Waals surface area (Å²) in [5, 5.41) is 19.4. The summed E-state index contributed by atoms with van der Waals surface area (Å²) in [6.07, 6.45) is -3.17. The van der Waals surface area contributed by atoms with Crippen LogP contribution in [-0.2, 0) is 19.1 Å². The van der Waals surface area contributed by atoms with E-state index in [9.17, 15) is 24.6 Å². The molecule has 0 bridgehead atoms. The molecule has 0 aliphatic carbocycles. The Bertz CT molecular complexity index is 387. The monoisotopic (exact) mass is 290 g/mol. The van der Waals surface area contributed by atoms with Crippen LogP contribution < -0.4 is 0 Å². The minimum absolute atomic E-state index is 0.0619. The lowest BCUT2D eigenvalue weighted by Gasteiger charge is -2.38. The predicted octanol–water partition coefficient (Wildman–Crippen LogP) is -1.51. The molecule has 1 heterocycles. The molecule has 9 heteroatoms. The zero-order valence-electron chi connectivity index (χ0n) is 11.3. The largest absolute Gasteiger partial charge is 0.466 e. The SMILES string of the molecule is CCOC(=O)C(O)N1CCCN(C(O)C(=O)OC)C1=O. The molecule has 1 rings (SSSR count). The fourth-order valence-electron chi connectivity index (χ4n) is 1.80. The maximum atomic E-state index is 12.1. The van der Waals surface area contributed by atoms with Crippen molar-refractivity contribution in [2.75, 3.05) is 26.8 Å². The van der Waals surface area contributed by atoms with E-state index in [4.69, 9.17) is 0 Å². The van der Waals surface area contributed by atoms with E-state index in [1.165, 1.54) is 0 Å². The first-order valence-corrected chi connectivity index (χ1v) is 6.11. The number of ether oxygens (including phenoxy) is 2. The van der Waals surface area contributed by atoms with Gasteiger partial charge in [-0.3, -0.25) is 9.80 Å². The molecular weight excluding hydrogens is 272 g/mol. The highest BCUT2D eigenvalue weighted by molar-refractivity contribution is 5.86. The Hall–Kier alpha value is -1.87. The van der Waals surface area contributed by atoms with Gasteiger partial charge in [0.2, 0.25) is 12.5 Å². The van der Waals surface area contributed by atoms with Crippen molar-refractivity contribution in [3.05, 3.63) is 0 Å². The van der Waals surface area contributed by atoms with Gasteiger partial charge >= 0.3 is 18.0 Å². The topological polar surface area (TPSA) is 117 Å². The van der Waals surface area contributed by atoms with Crippen LogP contribution in [0.5, 0.6) is 0 Å². The molecule has 0 aromatic heterocycles. The van der Waals surface area contributed by atoms with Crippen LogP contribution in [0.1, 0.15) is 13.3 Å². The number of aliphatic hydroxyl groups is 2. The summed E-state index contributed by atoms with van der Waals surface area (Å²) in [6, 6.07) is -0.838. The molecule has 114 valence electrons. The fraction of sp³-hybridized carbons (Fsp3) is 0.727. The molecule has 20 heavy (non-hydrogen) atoms. The van der Waals surface area contributed by atoms with E-state index in [-0.39, 0.29) is 19.7 Å². The Morgan fingerprint density at radius 2 is 1.70 bits per heavy atom. The molecule has 2 unspecified atom stereocenters. The minimum Gasteiger partial charge on any atom is -0.466 e. The van der Waals surface area contributed by atoms with E-state index in [2.05, 4.69) is 9.47 Å². The molecule has 0 spiro atoms. The highest BCUT2D eigenvalue weighted by Crippen LogP contribution is 2.15. The normalized spacial score (nSPS) is 18.5. The molecule has 2 N–H and O–H groups in total. The highest BCUT2D eigenvalue weighted by Gasteiger charge is 2.39. The van der Waals surface area contributed by atoms with Crippen LogP contribution in [0.15, 0.2) is 0 Å². The molecule has 0 saturated carbocycles. The van der Waals surface area contributed by atoms with Gasteiger partial charge in [0.05, 0.1) is 13.7 Å². The van der Waals surface area contributed by atoms with E-state index < -0.39 is 30.4 Å². The van der Waals surface area contributed by atoms with Gasteiger partial charge in [0.1, 0.15) is 0 Å². The predicted molar refractivity (Wildman–Crippen MR) is 64.1 cm³/mol. The van der Waals surface area contributed by atoms with Gasteiger partial charge in [0.15, 0.2) is 0 Å². The summed E-state index contributed by atoms with van der Waals surface area (Å²) < 4.78 is 8.95. The van der Waals surface area contributed by atoms with E-state index in [1.807, 2.05) is 0 Å². The van der Waals surface area contributed by atoms with Crippen LogP contribution in [0, 0.1) is 0 Å². The van der Waals surface area contributed by atoms with Gasteiger partial charge in [-0.1, -0.05) is 0 Å². The third-order valence-electron chi connectivity index (χ3n) is 2.79. The molecule has 9 nitrogen and oxygen atoms in total. The minimum atomic E-state index is -1.77. The van der Waals surface area contributed by atoms with Crippen molar-refractivity contribution in [3.63, 3.8) is 0 Å². The van der Waals surface area contributed by atoms with Gasteiger partial charge in [-0.25, -0.2) is 14.4 Å². The van der Waals surface area contributed by atoms with Crippen LogP contribution in [-0.4, -0.2) is 77.2 Å². The number of carbonyl (C=O) groups is 3. The zero-order chi connectivity index (χ0) is 15.3. The van der Waals surface area contributed by atoms with E-state index in [0.717, 1.165) is 16.9 Å². The summed E-state index contributed by atoms with van der Waals surface area (Å²) in [5.41, 5.74) is 0. The van der Waals surface area contributed by atoms with Gasteiger partial charge in [-0.2, -0.15) is 0 Å². The molecular formula is C11H18N2O7. The van der Waals surface area contributed by atoms with Crippen molar-refractivity contribution in [2.45, 2.75) is 25.8 Å². The average molecular weight is 290 g/mol. The second-order valence-electron chi connectivity index (χ2n) is 4.05. The number of aliphatic hydroxyl groups excluding tert-OH is 2. The lowest BCUT2D eigenvalue weighted by molar-refractivity contribution is -0.166. The first-order valence-electron chi connectivity index (χ1n) is 6.11. The number of amides is 2. The van der Waals surface area contributed by atoms with Crippen molar-refractivity contribution in [3.8, 4) is 0 Å². The lowest BCUT2D eigenvalue weighted by Crippen LogP contribution is -2.59. The molecule has 1 fully saturated rings. The summed E-state index contributed by atoms with van der Waals surface area (Å²) in [4.78, 5) is 36.3. The van der Waals surface area contributed by atoms with E-state index in [0.29, 0.717) is 6.42 Å². The second kappa shape index (κ2) is 7.06. The molecule has 1 aliphatic heterocycles. The zero-order valence-corrected chi connectivity index (χ0v) is 11.3. The van der Waals surface area contributed by atoms with Gasteiger partial charge in [0.25, 0.3) is 0 Å². The highest BCUT2D eigenvalue weighted by atomic mass is 16.6. The third-order valence-corrected chi connectivity index (χ3v) is 2.79. The van der Waals surface area contributed by atoms with Crippen molar-refractivity contribution < 1.29 is 34.1 Å². The van der Waals surface area contributed by atoms with Crippen LogP contribution in [0.4, 0.5) is 4.79 Å². The molecule has 0 aromatic rings. The molecule has 2 atom stereocenters. The molecule has 1 aliphatic rings. The lowest BCUT2D eigenvalue weighted by atomic mass is 10.2. The number of nitrogens with zero attached hydrogens (tertiary/aromatic N) is 2. The Balaban J connectivity index is 2.78. The standard InChI is InChI=1S/C11H18N2O7/c1-3-20-10(17)8(15)13-6-4-5-12(11(13)18)7(14)9(16)19-2/h7-8,14-15H,3-6H2,1-2H3. The maximum absolute atomic E-state index is 12.1. The Morgan fingerprint density at radius 1 is 1.20 bits per heavy atom. The Morgan fingerprint density at radius 3 is 2.15 bits per heavy atom. The summed E-state index contributed by atoms with van der Waals surface area (Å²) in [7, 11) is 1.07. The number of esters is 2. The number of urea groups is 1. The number of carbonyl (C=O) groups excluding carboxylic acids is 3. The van der Waals surface area contributed by atoms with Crippen LogP contribution in [0.25, 0.3) is 0 Å². The summed E-state index contributed by atoms with van der Waals surface area (Å²) in [5.74, 6) is -1.96. The smallest absolute Gasteiger partial charge is 0.356 e. The van der Waals surface area contributed by atoms with Gasteiger partial charge in [-0.15, -0.1) is 0 Å². The maximum Gasteiger partial charge on any atom is 0.356 e. The van der Waals surface area contributed by atoms with E-state index >= 15 is 0 Å². The van der Waals surface area contributed by atoms with Crippen LogP contribution in [0.3, 0.4) is 0 Å². The molecule has 0 aromatic carbocycles. The average Bonchev–Trinajstić information content (AvgIpc) is 2.45. The number of rotatable bonds is 5. The summed E-state index contributed by atoms with van der Waals surface area (Å²) in [6.45, 7) is 1.85. The molecule has 2 amide bonds. The van der Waals surface area contributed by atoms with Gasteiger partial charge in [0, 0.05) is 13.1 Å². The fourth-order valence-corrected chi connectivity index (χ4v) is 1.80. The van der Waals surface area contributed by atoms with Crippen molar-refractivity contribution in [2.24, 2.45) is 0 Å². The first kappa shape index (κ1) is 16.2. The van der Waals surface area contributed by atoms with Crippen LogP contribution >= 0.6 is 0 Å². The molecule has 0 radical (unpaired) electrons. The Kier molecular flexibility index (Phi) is 5.71. The molecule has 1 saturated heterocycles.